The van der Waals surface area contributed by atoms with Crippen molar-refractivity contribution < 1.29 is 14.5 Å². The molecule has 6 nitrogen and oxygen atoms in total. The maximum absolute atomic E-state index is 11.7. The minimum Gasteiger partial charge on any atom is -0.462 e. The van der Waals surface area contributed by atoms with Crippen LogP contribution in [0.5, 0.6) is 0 Å². The van der Waals surface area contributed by atoms with Crippen LogP contribution >= 0.6 is 11.9 Å². The Morgan fingerprint density at radius 2 is 1.91 bits per heavy atom. The highest BCUT2D eigenvalue weighted by Crippen LogP contribution is 2.29. The third kappa shape index (κ3) is 4.72. The second-order valence-electron chi connectivity index (χ2n) is 4.64. The minimum atomic E-state index is -0.420. The van der Waals surface area contributed by atoms with Crippen molar-refractivity contribution in [2.75, 3.05) is 11.3 Å². The van der Waals surface area contributed by atoms with Crippen LogP contribution in [0, 0.1) is 10.1 Å². The lowest BCUT2D eigenvalue weighted by atomic mass is 10.2. The van der Waals surface area contributed by atoms with E-state index < -0.39 is 4.92 Å². The molecule has 0 aromatic heterocycles. The maximum Gasteiger partial charge on any atom is 0.338 e. The van der Waals surface area contributed by atoms with Crippen LogP contribution in [0.3, 0.4) is 0 Å². The fourth-order valence-corrected chi connectivity index (χ4v) is 2.52. The van der Waals surface area contributed by atoms with E-state index in [2.05, 4.69) is 4.72 Å². The summed E-state index contributed by atoms with van der Waals surface area (Å²) in [5.41, 5.74) is 1.25. The van der Waals surface area contributed by atoms with Crippen LogP contribution in [0.25, 0.3) is 0 Å². The van der Waals surface area contributed by atoms with Gasteiger partial charge in [0.15, 0.2) is 0 Å². The lowest BCUT2D eigenvalue weighted by Gasteiger charge is -2.07. The molecule has 0 saturated heterocycles. The largest absolute Gasteiger partial charge is 0.462 e. The maximum atomic E-state index is 11.7. The Hall–Kier alpha value is -2.54. The normalized spacial score (nSPS) is 10.1. The van der Waals surface area contributed by atoms with Gasteiger partial charge < -0.3 is 9.46 Å². The zero-order valence-corrected chi connectivity index (χ0v) is 13.3. The van der Waals surface area contributed by atoms with E-state index in [1.165, 1.54) is 6.07 Å². The summed E-state index contributed by atoms with van der Waals surface area (Å²) in [6, 6.07) is 13.3. The van der Waals surface area contributed by atoms with Crippen molar-refractivity contribution in [3.8, 4) is 0 Å². The van der Waals surface area contributed by atoms with E-state index in [9.17, 15) is 14.9 Å². The number of hydrogen-bond donors (Lipinski definition) is 1. The van der Waals surface area contributed by atoms with Gasteiger partial charge in [-0.3, -0.25) is 10.1 Å². The predicted molar refractivity (Wildman–Crippen MR) is 89.6 cm³/mol. The van der Waals surface area contributed by atoms with E-state index in [4.69, 9.17) is 4.74 Å². The van der Waals surface area contributed by atoms with E-state index in [-0.39, 0.29) is 11.7 Å². The second kappa shape index (κ2) is 8.19. The first-order chi connectivity index (χ1) is 11.1. The highest BCUT2D eigenvalue weighted by molar-refractivity contribution is 8.00. The Labute approximate surface area is 138 Å². The quantitative estimate of drug-likeness (QED) is 0.353. The zero-order valence-electron chi connectivity index (χ0n) is 12.5. The van der Waals surface area contributed by atoms with Gasteiger partial charge >= 0.3 is 5.97 Å². The number of carbonyl (C=O) groups excluding carboxylic acids is 1. The Balaban J connectivity index is 1.99. The SMILES string of the molecule is CCCOC(=O)c1ccc(NSc2ccccc2[N+](=O)[O-])cc1. The van der Waals surface area contributed by atoms with Gasteiger partial charge in [0.2, 0.25) is 0 Å². The highest BCUT2D eigenvalue weighted by Gasteiger charge is 2.13. The topological polar surface area (TPSA) is 81.5 Å². The number of benzene rings is 2. The van der Waals surface area contributed by atoms with Crippen molar-refractivity contribution in [2.24, 2.45) is 0 Å². The number of carbonyl (C=O) groups is 1. The first-order valence-electron chi connectivity index (χ1n) is 7.05. The number of nitrogens with one attached hydrogen (secondary N) is 1. The number of nitrogens with zero attached hydrogens (tertiary/aromatic N) is 1. The summed E-state index contributed by atoms with van der Waals surface area (Å²) < 4.78 is 8.07. The summed E-state index contributed by atoms with van der Waals surface area (Å²) in [7, 11) is 0. The van der Waals surface area contributed by atoms with Crippen LogP contribution in [-0.2, 0) is 4.74 Å². The van der Waals surface area contributed by atoms with E-state index in [1.54, 1.807) is 42.5 Å². The molecule has 0 unspecified atom stereocenters. The van der Waals surface area contributed by atoms with Gasteiger partial charge in [-0.1, -0.05) is 19.1 Å². The summed E-state index contributed by atoms with van der Waals surface area (Å²) in [5.74, 6) is -0.357. The molecule has 0 aliphatic rings. The molecule has 0 atom stereocenters. The Morgan fingerprint density at radius 1 is 1.22 bits per heavy atom. The fourth-order valence-electron chi connectivity index (χ4n) is 1.76. The fraction of sp³-hybridized carbons (Fsp3) is 0.188. The minimum absolute atomic E-state index is 0.0461. The van der Waals surface area contributed by atoms with Crippen molar-refractivity contribution in [3.05, 3.63) is 64.2 Å². The molecule has 1 N–H and O–H groups in total. The zero-order chi connectivity index (χ0) is 16.7. The number of ether oxygens (including phenoxy) is 1. The van der Waals surface area contributed by atoms with Gasteiger partial charge in [-0.05, 0) is 48.7 Å². The molecule has 0 bridgehead atoms. The average molecular weight is 332 g/mol. The van der Waals surface area contributed by atoms with Crippen molar-refractivity contribution in [1.29, 1.82) is 0 Å². The molecule has 0 spiro atoms. The number of anilines is 1. The van der Waals surface area contributed by atoms with Gasteiger partial charge in [0.25, 0.3) is 5.69 Å². The van der Waals surface area contributed by atoms with Crippen LogP contribution in [0.2, 0.25) is 0 Å². The standard InChI is InChI=1S/C16H16N2O4S/c1-2-11-22-16(19)12-7-9-13(10-8-12)17-23-15-6-4-3-5-14(15)18(20)21/h3-10,17H,2,11H2,1H3. The van der Waals surface area contributed by atoms with E-state index >= 15 is 0 Å². The third-order valence-corrected chi connectivity index (χ3v) is 3.80. The third-order valence-electron chi connectivity index (χ3n) is 2.90. The van der Waals surface area contributed by atoms with E-state index in [1.807, 2.05) is 6.92 Å². The lowest BCUT2D eigenvalue weighted by Crippen LogP contribution is -2.05. The second-order valence-corrected chi connectivity index (χ2v) is 5.49. The van der Waals surface area contributed by atoms with Gasteiger partial charge in [-0.15, -0.1) is 0 Å². The molecule has 2 aromatic rings. The summed E-state index contributed by atoms with van der Waals surface area (Å²) in [6.07, 6.45) is 0.776. The van der Waals surface area contributed by atoms with Gasteiger partial charge in [-0.2, -0.15) is 0 Å². The smallest absolute Gasteiger partial charge is 0.338 e. The molecule has 2 aromatic carbocycles. The molecule has 0 heterocycles. The average Bonchev–Trinajstić information content (AvgIpc) is 2.58. The van der Waals surface area contributed by atoms with Crippen LogP contribution in [-0.4, -0.2) is 17.5 Å². The number of nitro benzene ring substituents is 1. The highest BCUT2D eigenvalue weighted by atomic mass is 32.2. The number of nitro groups is 1. The number of esters is 1. The molecule has 0 aliphatic heterocycles. The predicted octanol–water partition coefficient (Wildman–Crippen LogP) is 4.28. The molecular weight excluding hydrogens is 316 g/mol. The monoisotopic (exact) mass is 332 g/mol. The van der Waals surface area contributed by atoms with Crippen molar-refractivity contribution in [1.82, 2.24) is 0 Å². The molecule has 120 valence electrons. The summed E-state index contributed by atoms with van der Waals surface area (Å²) in [6.45, 7) is 2.33. The first kappa shape index (κ1) is 16.8. The molecule has 7 heteroatoms. The first-order valence-corrected chi connectivity index (χ1v) is 7.87. The van der Waals surface area contributed by atoms with Gasteiger partial charge in [0, 0.05) is 11.8 Å². The van der Waals surface area contributed by atoms with Crippen LogP contribution in [0.4, 0.5) is 11.4 Å². The van der Waals surface area contributed by atoms with Crippen LogP contribution in [0.15, 0.2) is 53.4 Å². The Morgan fingerprint density at radius 3 is 2.57 bits per heavy atom. The van der Waals surface area contributed by atoms with Gasteiger partial charge in [0.1, 0.15) is 4.90 Å². The van der Waals surface area contributed by atoms with Crippen molar-refractivity contribution in [2.45, 2.75) is 18.2 Å². The molecule has 23 heavy (non-hydrogen) atoms. The van der Waals surface area contributed by atoms with Gasteiger partial charge in [0.05, 0.1) is 17.1 Å². The molecule has 0 amide bonds. The summed E-state index contributed by atoms with van der Waals surface area (Å²) in [5, 5.41) is 11.0. The Bertz CT molecular complexity index is 689. The molecular formula is C16H16N2O4S. The van der Waals surface area contributed by atoms with Gasteiger partial charge in [-0.25, -0.2) is 4.79 Å². The molecule has 0 fully saturated rings. The lowest BCUT2D eigenvalue weighted by molar-refractivity contribution is -0.387. The number of para-hydroxylation sites is 1. The van der Waals surface area contributed by atoms with Crippen LogP contribution < -0.4 is 4.72 Å². The van der Waals surface area contributed by atoms with Crippen LogP contribution in [0.1, 0.15) is 23.7 Å². The molecule has 0 aliphatic carbocycles. The number of rotatable bonds is 7. The molecule has 0 saturated carbocycles. The Kier molecular flexibility index (Phi) is 5.99. The van der Waals surface area contributed by atoms with E-state index in [0.29, 0.717) is 17.1 Å². The number of hydrogen-bond acceptors (Lipinski definition) is 6. The van der Waals surface area contributed by atoms with E-state index in [0.717, 1.165) is 24.1 Å². The van der Waals surface area contributed by atoms with Crippen molar-refractivity contribution in [3.63, 3.8) is 0 Å². The summed E-state index contributed by atoms with van der Waals surface area (Å²) in [4.78, 5) is 22.7. The molecule has 0 radical (unpaired) electrons. The molecule has 2 rings (SSSR count). The van der Waals surface area contributed by atoms with Crippen molar-refractivity contribution >= 4 is 29.3 Å². The summed E-state index contributed by atoms with van der Waals surface area (Å²) >= 11 is 1.15.